The number of rotatable bonds is 8. The van der Waals surface area contributed by atoms with Crippen LogP contribution in [0.15, 0.2) is 29.3 Å². The first-order valence-electron chi connectivity index (χ1n) is 7.49. The van der Waals surface area contributed by atoms with Crippen LogP contribution in [0.5, 0.6) is 0 Å². The van der Waals surface area contributed by atoms with Crippen LogP contribution in [-0.4, -0.2) is 45.2 Å². The van der Waals surface area contributed by atoms with Gasteiger partial charge in [-0.05, 0) is 19.4 Å². The predicted molar refractivity (Wildman–Crippen MR) is 88.9 cm³/mol. The van der Waals surface area contributed by atoms with Gasteiger partial charge >= 0.3 is 0 Å². The highest BCUT2D eigenvalue weighted by atomic mass is 16.5. The van der Waals surface area contributed by atoms with Gasteiger partial charge in [0.05, 0.1) is 19.7 Å². The molecule has 0 aliphatic rings. The number of hydrogen-bond acceptors (Lipinski definition) is 3. The molecule has 0 aliphatic heterocycles. The van der Waals surface area contributed by atoms with E-state index in [4.69, 9.17) is 4.74 Å². The maximum atomic E-state index is 11.6. The zero-order valence-corrected chi connectivity index (χ0v) is 13.6. The van der Waals surface area contributed by atoms with Crippen molar-refractivity contribution in [1.82, 2.24) is 16.0 Å². The van der Waals surface area contributed by atoms with Crippen molar-refractivity contribution in [1.29, 1.82) is 0 Å². The molecule has 0 bridgehead atoms. The number of nitrogens with zero attached hydrogens (tertiary/aromatic N) is 1. The molecule has 3 N–H and O–H groups in total. The van der Waals surface area contributed by atoms with E-state index < -0.39 is 0 Å². The maximum absolute atomic E-state index is 11.6. The van der Waals surface area contributed by atoms with E-state index in [1.807, 2.05) is 6.92 Å². The lowest BCUT2D eigenvalue weighted by Crippen LogP contribution is -2.43. The minimum atomic E-state index is -0.0852. The highest BCUT2D eigenvalue weighted by molar-refractivity contribution is 5.86. The van der Waals surface area contributed by atoms with E-state index >= 15 is 0 Å². The predicted octanol–water partition coefficient (Wildman–Crippen LogP) is 0.813. The summed E-state index contributed by atoms with van der Waals surface area (Å²) in [6.45, 7) is 6.55. The largest absolute Gasteiger partial charge is 0.383 e. The maximum Gasteiger partial charge on any atom is 0.239 e. The summed E-state index contributed by atoms with van der Waals surface area (Å²) in [5.74, 6) is 0.544. The number of ether oxygens (including phenoxy) is 1. The lowest BCUT2D eigenvalue weighted by atomic mass is 10.1. The molecule has 0 aliphatic carbocycles. The molecule has 1 amide bonds. The molecule has 1 rings (SSSR count). The van der Waals surface area contributed by atoms with Crippen LogP contribution in [0.4, 0.5) is 0 Å². The number of guanidine groups is 1. The Morgan fingerprint density at radius 2 is 1.91 bits per heavy atom. The number of nitrogens with one attached hydrogen (secondary N) is 3. The summed E-state index contributed by atoms with van der Waals surface area (Å²) in [6.07, 6.45) is 0. The van der Waals surface area contributed by atoms with E-state index in [1.54, 1.807) is 7.11 Å². The molecule has 1 aromatic carbocycles. The fraction of sp³-hybridized carbons (Fsp3) is 0.500. The summed E-state index contributed by atoms with van der Waals surface area (Å²) in [5.41, 5.74) is 2.36. The fourth-order valence-electron chi connectivity index (χ4n) is 1.72. The normalized spacial score (nSPS) is 11.1. The van der Waals surface area contributed by atoms with Crippen LogP contribution >= 0.6 is 0 Å². The minimum absolute atomic E-state index is 0.0852. The van der Waals surface area contributed by atoms with E-state index in [9.17, 15) is 4.79 Å². The Bertz CT molecular complexity index is 472. The van der Waals surface area contributed by atoms with Crippen molar-refractivity contribution in [3.63, 3.8) is 0 Å². The number of hydrogen-bond donors (Lipinski definition) is 3. The lowest BCUT2D eigenvalue weighted by molar-refractivity contribution is -0.120. The van der Waals surface area contributed by atoms with E-state index in [2.05, 4.69) is 52.1 Å². The van der Waals surface area contributed by atoms with Gasteiger partial charge in [-0.3, -0.25) is 4.79 Å². The molecule has 0 fully saturated rings. The van der Waals surface area contributed by atoms with Gasteiger partial charge in [-0.2, -0.15) is 0 Å². The van der Waals surface area contributed by atoms with Gasteiger partial charge in [0, 0.05) is 20.2 Å². The van der Waals surface area contributed by atoms with Crippen molar-refractivity contribution in [3.8, 4) is 0 Å². The van der Waals surface area contributed by atoms with Gasteiger partial charge in [-0.25, -0.2) is 4.99 Å². The molecule has 122 valence electrons. The molecule has 0 unspecified atom stereocenters. The second-order valence-electron chi connectivity index (χ2n) is 4.88. The third-order valence-electron chi connectivity index (χ3n) is 2.93. The highest BCUT2D eigenvalue weighted by Crippen LogP contribution is 2.04. The van der Waals surface area contributed by atoms with E-state index in [0.717, 1.165) is 12.1 Å². The molecule has 22 heavy (non-hydrogen) atoms. The van der Waals surface area contributed by atoms with Crippen LogP contribution in [0.2, 0.25) is 0 Å². The Morgan fingerprint density at radius 3 is 2.55 bits per heavy atom. The summed E-state index contributed by atoms with van der Waals surface area (Å²) >= 11 is 0. The van der Waals surface area contributed by atoms with Crippen molar-refractivity contribution >= 4 is 11.9 Å². The molecule has 0 saturated heterocycles. The number of aliphatic imine (C=N–C) groups is 1. The molecule has 1 aromatic rings. The third-order valence-corrected chi connectivity index (χ3v) is 2.93. The SMILES string of the molecule is CCNC(=NCc1ccc(C)cc1)NCC(=O)NCCOC. The zero-order valence-electron chi connectivity index (χ0n) is 13.6. The zero-order chi connectivity index (χ0) is 16.2. The monoisotopic (exact) mass is 306 g/mol. The Labute approximate surface area is 132 Å². The first kappa shape index (κ1) is 18.0. The summed E-state index contributed by atoms with van der Waals surface area (Å²) in [5, 5.41) is 8.89. The lowest BCUT2D eigenvalue weighted by Gasteiger charge is -2.11. The third kappa shape index (κ3) is 7.64. The number of aryl methyl sites for hydroxylation is 1. The molecule has 0 radical (unpaired) electrons. The average molecular weight is 306 g/mol. The van der Waals surface area contributed by atoms with Crippen molar-refractivity contribution in [3.05, 3.63) is 35.4 Å². The molecule has 0 spiro atoms. The van der Waals surface area contributed by atoms with E-state index in [1.165, 1.54) is 5.56 Å². The Hall–Kier alpha value is -2.08. The molecule has 0 atom stereocenters. The van der Waals surface area contributed by atoms with Crippen molar-refractivity contribution in [2.24, 2.45) is 4.99 Å². The van der Waals surface area contributed by atoms with Gasteiger partial charge in [0.1, 0.15) is 0 Å². The first-order chi connectivity index (χ1) is 10.7. The molecule has 0 heterocycles. The standard InChI is InChI=1S/C16H26N4O2/c1-4-17-16(20-12-15(21)18-9-10-22-3)19-11-14-7-5-13(2)6-8-14/h5-8H,4,9-12H2,1-3H3,(H,18,21)(H2,17,19,20). The van der Waals surface area contributed by atoms with Gasteiger partial charge in [-0.15, -0.1) is 0 Å². The average Bonchev–Trinajstić information content (AvgIpc) is 2.52. The Kier molecular flexibility index (Phi) is 8.67. The number of carbonyl (C=O) groups excluding carboxylic acids is 1. The smallest absolute Gasteiger partial charge is 0.239 e. The van der Waals surface area contributed by atoms with Crippen LogP contribution in [0.1, 0.15) is 18.1 Å². The molecule has 6 nitrogen and oxygen atoms in total. The van der Waals surface area contributed by atoms with Gasteiger partial charge in [0.15, 0.2) is 5.96 Å². The highest BCUT2D eigenvalue weighted by Gasteiger charge is 2.03. The van der Waals surface area contributed by atoms with Gasteiger partial charge < -0.3 is 20.7 Å². The summed E-state index contributed by atoms with van der Waals surface area (Å²) < 4.78 is 4.88. The van der Waals surface area contributed by atoms with Crippen LogP contribution in [0.3, 0.4) is 0 Å². The molecular weight excluding hydrogens is 280 g/mol. The second kappa shape index (κ2) is 10.6. The second-order valence-corrected chi connectivity index (χ2v) is 4.88. The number of carbonyl (C=O) groups is 1. The van der Waals surface area contributed by atoms with Gasteiger partial charge in [-0.1, -0.05) is 29.8 Å². The summed E-state index contributed by atoms with van der Waals surface area (Å²) in [4.78, 5) is 16.1. The molecule has 6 heteroatoms. The van der Waals surface area contributed by atoms with E-state index in [0.29, 0.717) is 25.7 Å². The Morgan fingerprint density at radius 1 is 1.18 bits per heavy atom. The van der Waals surface area contributed by atoms with Crippen LogP contribution in [-0.2, 0) is 16.1 Å². The van der Waals surface area contributed by atoms with Crippen LogP contribution in [0.25, 0.3) is 0 Å². The number of methoxy groups -OCH3 is 1. The van der Waals surface area contributed by atoms with Gasteiger partial charge in [0.2, 0.25) is 5.91 Å². The number of benzene rings is 1. The van der Waals surface area contributed by atoms with Crippen molar-refractivity contribution in [2.75, 3.05) is 33.4 Å². The molecule has 0 aromatic heterocycles. The van der Waals surface area contributed by atoms with Crippen molar-refractivity contribution in [2.45, 2.75) is 20.4 Å². The Balaban J connectivity index is 2.44. The molecule has 0 saturated carbocycles. The van der Waals surface area contributed by atoms with Gasteiger partial charge in [0.25, 0.3) is 0 Å². The van der Waals surface area contributed by atoms with E-state index in [-0.39, 0.29) is 12.5 Å². The topological polar surface area (TPSA) is 74.8 Å². The summed E-state index contributed by atoms with van der Waals surface area (Å²) in [7, 11) is 1.60. The molecular formula is C16H26N4O2. The summed E-state index contributed by atoms with van der Waals surface area (Å²) in [6, 6.07) is 8.24. The van der Waals surface area contributed by atoms with Crippen LogP contribution < -0.4 is 16.0 Å². The van der Waals surface area contributed by atoms with Crippen LogP contribution in [0, 0.1) is 6.92 Å². The first-order valence-corrected chi connectivity index (χ1v) is 7.49. The number of amides is 1. The fourth-order valence-corrected chi connectivity index (χ4v) is 1.72. The quantitative estimate of drug-likeness (QED) is 0.377. The minimum Gasteiger partial charge on any atom is -0.383 e. The van der Waals surface area contributed by atoms with Crippen molar-refractivity contribution < 1.29 is 9.53 Å².